The summed E-state index contributed by atoms with van der Waals surface area (Å²) in [5.74, 6) is 1.92. The minimum Gasteiger partial charge on any atom is -0.383 e. The van der Waals surface area contributed by atoms with E-state index in [9.17, 15) is 0 Å². The van der Waals surface area contributed by atoms with Crippen molar-refractivity contribution in [3.05, 3.63) is 59.1 Å². The highest BCUT2D eigenvalue weighted by atomic mass is 35.5. The van der Waals surface area contributed by atoms with Crippen LogP contribution in [-0.2, 0) is 11.3 Å². The molecule has 2 aromatic heterocycles. The van der Waals surface area contributed by atoms with Gasteiger partial charge in [-0.1, -0.05) is 28.9 Å². The van der Waals surface area contributed by atoms with Crippen LogP contribution >= 0.6 is 11.6 Å². The van der Waals surface area contributed by atoms with Gasteiger partial charge in [-0.2, -0.15) is 4.98 Å². The highest BCUT2D eigenvalue weighted by Gasteiger charge is 2.31. The number of rotatable bonds is 8. The second-order valence-corrected chi connectivity index (χ2v) is 7.47. The largest absolute Gasteiger partial charge is 0.383 e. The Morgan fingerprint density at radius 2 is 2.14 bits per heavy atom. The van der Waals surface area contributed by atoms with E-state index in [2.05, 4.69) is 32.5 Å². The number of aromatic nitrogens is 3. The third kappa shape index (κ3) is 4.75. The Morgan fingerprint density at radius 3 is 2.97 bits per heavy atom. The standard InChI is InChI=1S/C21H24ClN5O2/c1-28-13-11-24-19-17(4-2-10-23-19)20-25-21(29-26-20)18-5-3-12-27(18)14-15-6-8-16(22)9-7-15/h2,4,6-10,18H,3,5,11-14H2,1H3,(H,23,24)/t18-/m1/s1. The average molecular weight is 414 g/mol. The van der Waals surface area contributed by atoms with Crippen molar-refractivity contribution in [1.82, 2.24) is 20.0 Å². The van der Waals surface area contributed by atoms with E-state index in [1.54, 1.807) is 13.3 Å². The highest BCUT2D eigenvalue weighted by molar-refractivity contribution is 6.30. The molecule has 1 atom stereocenters. The number of anilines is 1. The normalized spacial score (nSPS) is 17.0. The molecule has 3 heterocycles. The van der Waals surface area contributed by atoms with Crippen LogP contribution in [-0.4, -0.2) is 46.8 Å². The summed E-state index contributed by atoms with van der Waals surface area (Å²) in [6.07, 6.45) is 3.85. The van der Waals surface area contributed by atoms with Crippen LogP contribution < -0.4 is 5.32 Å². The van der Waals surface area contributed by atoms with Crippen LogP contribution in [0.1, 0.15) is 30.3 Å². The number of nitrogens with zero attached hydrogens (tertiary/aromatic N) is 4. The molecule has 1 aliphatic rings. The van der Waals surface area contributed by atoms with Gasteiger partial charge in [0.1, 0.15) is 5.82 Å². The summed E-state index contributed by atoms with van der Waals surface area (Å²) in [4.78, 5) is 11.5. The molecule has 1 aromatic carbocycles. The zero-order valence-electron chi connectivity index (χ0n) is 16.3. The van der Waals surface area contributed by atoms with Gasteiger partial charge in [-0.25, -0.2) is 4.98 Å². The first-order valence-corrected chi connectivity index (χ1v) is 10.1. The second kappa shape index (κ2) is 9.35. The molecule has 8 heteroatoms. The summed E-state index contributed by atoms with van der Waals surface area (Å²) in [5, 5.41) is 8.24. The smallest absolute Gasteiger partial charge is 0.244 e. The lowest BCUT2D eigenvalue weighted by atomic mass is 10.2. The first-order valence-electron chi connectivity index (χ1n) is 9.75. The minimum absolute atomic E-state index is 0.119. The molecule has 0 aliphatic carbocycles. The van der Waals surface area contributed by atoms with Crippen molar-refractivity contribution in [1.29, 1.82) is 0 Å². The van der Waals surface area contributed by atoms with Crippen LogP contribution in [0.15, 0.2) is 47.1 Å². The van der Waals surface area contributed by atoms with Gasteiger partial charge in [-0.05, 0) is 49.2 Å². The fourth-order valence-corrected chi connectivity index (χ4v) is 3.72. The molecule has 4 rings (SSSR count). The number of pyridine rings is 1. The Hall–Kier alpha value is -2.48. The van der Waals surface area contributed by atoms with E-state index in [1.165, 1.54) is 5.56 Å². The van der Waals surface area contributed by atoms with Gasteiger partial charge < -0.3 is 14.6 Å². The molecule has 0 spiro atoms. The van der Waals surface area contributed by atoms with Crippen molar-refractivity contribution in [2.75, 3.05) is 32.1 Å². The fourth-order valence-electron chi connectivity index (χ4n) is 3.60. The molecule has 1 saturated heterocycles. The molecule has 0 unspecified atom stereocenters. The average Bonchev–Trinajstić information content (AvgIpc) is 3.40. The summed E-state index contributed by atoms with van der Waals surface area (Å²) in [7, 11) is 1.67. The summed E-state index contributed by atoms with van der Waals surface area (Å²) < 4.78 is 10.8. The number of halogens is 1. The van der Waals surface area contributed by atoms with Crippen molar-refractivity contribution in [3.8, 4) is 11.4 Å². The van der Waals surface area contributed by atoms with Crippen LogP contribution in [0.25, 0.3) is 11.4 Å². The van der Waals surface area contributed by atoms with Crippen molar-refractivity contribution < 1.29 is 9.26 Å². The monoisotopic (exact) mass is 413 g/mol. The molecule has 0 radical (unpaired) electrons. The van der Waals surface area contributed by atoms with Crippen molar-refractivity contribution in [3.63, 3.8) is 0 Å². The molecule has 1 N–H and O–H groups in total. The van der Waals surface area contributed by atoms with Crippen LogP contribution in [0, 0.1) is 0 Å². The van der Waals surface area contributed by atoms with Gasteiger partial charge in [-0.3, -0.25) is 4.90 Å². The number of methoxy groups -OCH3 is 1. The molecule has 7 nitrogen and oxygen atoms in total. The molecule has 0 bridgehead atoms. The maximum Gasteiger partial charge on any atom is 0.244 e. The minimum atomic E-state index is 0.119. The second-order valence-electron chi connectivity index (χ2n) is 7.03. The first-order chi connectivity index (χ1) is 14.2. The molecular formula is C21H24ClN5O2. The summed E-state index contributed by atoms with van der Waals surface area (Å²) in [6.45, 7) is 3.08. The number of likely N-dealkylation sites (tertiary alicyclic amines) is 1. The Labute approximate surface area is 175 Å². The molecule has 29 heavy (non-hydrogen) atoms. The third-order valence-corrected chi connectivity index (χ3v) is 5.29. The van der Waals surface area contributed by atoms with E-state index in [4.69, 9.17) is 25.8 Å². The van der Waals surface area contributed by atoms with Crippen LogP contribution in [0.4, 0.5) is 5.82 Å². The van der Waals surface area contributed by atoms with Gasteiger partial charge in [0.25, 0.3) is 0 Å². The summed E-state index contributed by atoms with van der Waals surface area (Å²) in [6, 6.07) is 11.9. The Kier molecular flexibility index (Phi) is 6.39. The van der Waals surface area contributed by atoms with E-state index in [1.807, 2.05) is 24.3 Å². The van der Waals surface area contributed by atoms with Gasteiger partial charge in [0.05, 0.1) is 18.2 Å². The molecule has 1 aliphatic heterocycles. The van der Waals surface area contributed by atoms with Crippen LogP contribution in [0.5, 0.6) is 0 Å². The van der Waals surface area contributed by atoms with E-state index in [0.29, 0.717) is 24.9 Å². The van der Waals surface area contributed by atoms with Gasteiger partial charge in [0.2, 0.25) is 11.7 Å². The SMILES string of the molecule is COCCNc1ncccc1-c1noc([C@H]2CCCN2Cc2ccc(Cl)cc2)n1. The number of hydrogen-bond donors (Lipinski definition) is 1. The van der Waals surface area contributed by atoms with Crippen molar-refractivity contribution >= 4 is 17.4 Å². The topological polar surface area (TPSA) is 76.3 Å². The van der Waals surface area contributed by atoms with E-state index in [-0.39, 0.29) is 6.04 Å². The predicted octanol–water partition coefficient (Wildman–Crippen LogP) is 4.18. The van der Waals surface area contributed by atoms with Gasteiger partial charge in [0, 0.05) is 31.4 Å². The van der Waals surface area contributed by atoms with Gasteiger partial charge >= 0.3 is 0 Å². The summed E-state index contributed by atoms with van der Waals surface area (Å²) >= 11 is 6.00. The highest BCUT2D eigenvalue weighted by Crippen LogP contribution is 2.34. The number of nitrogens with one attached hydrogen (secondary N) is 1. The molecule has 3 aromatic rings. The molecule has 0 saturated carbocycles. The van der Waals surface area contributed by atoms with E-state index >= 15 is 0 Å². The van der Waals surface area contributed by atoms with Crippen molar-refractivity contribution in [2.45, 2.75) is 25.4 Å². The Balaban J connectivity index is 1.50. The molecule has 0 amide bonds. The van der Waals surface area contributed by atoms with Gasteiger partial charge in [-0.15, -0.1) is 0 Å². The lowest BCUT2D eigenvalue weighted by Gasteiger charge is -2.21. The Morgan fingerprint density at radius 1 is 1.28 bits per heavy atom. The lowest BCUT2D eigenvalue weighted by Crippen LogP contribution is -2.23. The summed E-state index contributed by atoms with van der Waals surface area (Å²) in [5.41, 5.74) is 2.04. The number of ether oxygens (including phenoxy) is 1. The maximum absolute atomic E-state index is 6.00. The van der Waals surface area contributed by atoms with E-state index in [0.717, 1.165) is 42.3 Å². The fraction of sp³-hybridized carbons (Fsp3) is 0.381. The molecule has 152 valence electrons. The zero-order valence-corrected chi connectivity index (χ0v) is 17.1. The Bertz CT molecular complexity index is 931. The number of hydrogen-bond acceptors (Lipinski definition) is 7. The quantitative estimate of drug-likeness (QED) is 0.555. The third-order valence-electron chi connectivity index (χ3n) is 5.04. The first kappa shape index (κ1) is 19.8. The zero-order chi connectivity index (χ0) is 20.1. The number of benzene rings is 1. The maximum atomic E-state index is 6.00. The molecular weight excluding hydrogens is 390 g/mol. The van der Waals surface area contributed by atoms with Crippen molar-refractivity contribution in [2.24, 2.45) is 0 Å². The van der Waals surface area contributed by atoms with Crippen LogP contribution in [0.2, 0.25) is 5.02 Å². The van der Waals surface area contributed by atoms with E-state index < -0.39 is 0 Å². The lowest BCUT2D eigenvalue weighted by molar-refractivity contribution is 0.201. The predicted molar refractivity (Wildman–Crippen MR) is 112 cm³/mol. The van der Waals surface area contributed by atoms with Crippen LogP contribution in [0.3, 0.4) is 0 Å². The molecule has 1 fully saturated rings. The van der Waals surface area contributed by atoms with Gasteiger partial charge in [0.15, 0.2) is 0 Å².